The molecule has 2 unspecified atom stereocenters. The molecule has 1 amide bonds. The van der Waals surface area contributed by atoms with E-state index in [0.29, 0.717) is 5.91 Å². The summed E-state index contributed by atoms with van der Waals surface area (Å²) in [6.07, 6.45) is 9.52. The van der Waals surface area contributed by atoms with Gasteiger partial charge in [0.2, 0.25) is 5.91 Å². The second-order valence-corrected chi connectivity index (χ2v) is 7.33. The van der Waals surface area contributed by atoms with Gasteiger partial charge in [0.1, 0.15) is 0 Å². The number of amides is 1. The molecule has 3 rings (SSSR count). The molecule has 3 fully saturated rings. The van der Waals surface area contributed by atoms with Crippen LogP contribution in [-0.2, 0) is 4.79 Å². The average Bonchev–Trinajstić information content (AvgIpc) is 3.01. The molecule has 2 aliphatic heterocycles. The van der Waals surface area contributed by atoms with Gasteiger partial charge in [-0.25, -0.2) is 0 Å². The predicted octanol–water partition coefficient (Wildman–Crippen LogP) is 1.84. The van der Waals surface area contributed by atoms with Crippen molar-refractivity contribution < 1.29 is 4.79 Å². The number of rotatable bonds is 3. The molecule has 2 saturated heterocycles. The zero-order valence-corrected chi connectivity index (χ0v) is 13.3. The van der Waals surface area contributed by atoms with Gasteiger partial charge >= 0.3 is 0 Å². The lowest BCUT2D eigenvalue weighted by Gasteiger charge is -2.38. The fourth-order valence-electron chi connectivity index (χ4n) is 4.37. The van der Waals surface area contributed by atoms with Gasteiger partial charge in [-0.3, -0.25) is 4.79 Å². The van der Waals surface area contributed by atoms with Crippen LogP contribution in [0, 0.1) is 11.8 Å². The number of carbonyl (C=O) groups excluding carboxylic acids is 1. The Kier molecular flexibility index (Phi) is 5.17. The quantitative estimate of drug-likeness (QED) is 0.864. The van der Waals surface area contributed by atoms with Crippen LogP contribution in [0.3, 0.4) is 0 Å². The molecule has 4 heteroatoms. The lowest BCUT2D eigenvalue weighted by molar-refractivity contribution is -0.138. The lowest BCUT2D eigenvalue weighted by atomic mass is 9.83. The summed E-state index contributed by atoms with van der Waals surface area (Å²) in [6.45, 7) is 5.75. The monoisotopic (exact) mass is 293 g/mol. The highest BCUT2D eigenvalue weighted by atomic mass is 16.2. The van der Waals surface area contributed by atoms with E-state index in [0.717, 1.165) is 31.8 Å². The van der Waals surface area contributed by atoms with Crippen molar-refractivity contribution in [1.82, 2.24) is 9.80 Å². The van der Waals surface area contributed by atoms with E-state index in [-0.39, 0.29) is 12.0 Å². The van der Waals surface area contributed by atoms with Gasteiger partial charge in [-0.1, -0.05) is 12.8 Å². The Labute approximate surface area is 129 Å². The molecule has 4 nitrogen and oxygen atoms in total. The van der Waals surface area contributed by atoms with Gasteiger partial charge in [0.05, 0.1) is 5.92 Å². The molecule has 2 atom stereocenters. The molecule has 0 aromatic carbocycles. The molecule has 21 heavy (non-hydrogen) atoms. The van der Waals surface area contributed by atoms with Gasteiger partial charge in [-0.2, -0.15) is 0 Å². The standard InChI is InChI=1S/C17H31N3O/c18-16-6-2-1-5-15(16)17(21)20-11-7-14(8-12-20)13-19-9-3-4-10-19/h14-16H,1-13,18H2. The molecule has 1 aliphatic carbocycles. The van der Waals surface area contributed by atoms with E-state index in [1.54, 1.807) is 0 Å². The first-order valence-corrected chi connectivity index (χ1v) is 9.01. The van der Waals surface area contributed by atoms with Crippen LogP contribution in [0.4, 0.5) is 0 Å². The Morgan fingerprint density at radius 3 is 2.24 bits per heavy atom. The average molecular weight is 293 g/mol. The predicted molar refractivity (Wildman–Crippen MR) is 84.9 cm³/mol. The molecule has 2 heterocycles. The number of hydrogen-bond donors (Lipinski definition) is 1. The second-order valence-electron chi connectivity index (χ2n) is 7.33. The Morgan fingerprint density at radius 1 is 0.905 bits per heavy atom. The summed E-state index contributed by atoms with van der Waals surface area (Å²) >= 11 is 0. The number of nitrogens with zero attached hydrogens (tertiary/aromatic N) is 2. The van der Waals surface area contributed by atoms with Crippen molar-refractivity contribution in [3.8, 4) is 0 Å². The third-order valence-corrected chi connectivity index (χ3v) is 5.78. The second kappa shape index (κ2) is 7.10. The Morgan fingerprint density at radius 2 is 1.57 bits per heavy atom. The minimum Gasteiger partial charge on any atom is -0.342 e. The highest BCUT2D eigenvalue weighted by Crippen LogP contribution is 2.27. The SMILES string of the molecule is NC1CCCCC1C(=O)N1CCC(CN2CCCC2)CC1. The van der Waals surface area contributed by atoms with Gasteiger partial charge in [0.15, 0.2) is 0 Å². The van der Waals surface area contributed by atoms with Crippen molar-refractivity contribution in [2.75, 3.05) is 32.7 Å². The summed E-state index contributed by atoms with van der Waals surface area (Å²) in [5.74, 6) is 1.25. The Hall–Kier alpha value is -0.610. The first kappa shape index (κ1) is 15.3. The molecular weight excluding hydrogens is 262 g/mol. The molecule has 120 valence electrons. The summed E-state index contributed by atoms with van der Waals surface area (Å²) < 4.78 is 0. The van der Waals surface area contributed by atoms with Gasteiger partial charge < -0.3 is 15.5 Å². The third kappa shape index (κ3) is 3.78. The highest BCUT2D eigenvalue weighted by molar-refractivity contribution is 5.79. The van der Waals surface area contributed by atoms with Gasteiger partial charge in [0.25, 0.3) is 0 Å². The van der Waals surface area contributed by atoms with Crippen LogP contribution in [0.5, 0.6) is 0 Å². The molecule has 0 spiro atoms. The van der Waals surface area contributed by atoms with E-state index < -0.39 is 0 Å². The first-order valence-electron chi connectivity index (χ1n) is 9.01. The van der Waals surface area contributed by atoms with Crippen LogP contribution in [0.1, 0.15) is 51.4 Å². The topological polar surface area (TPSA) is 49.6 Å². The molecular formula is C17H31N3O. The normalized spacial score (nSPS) is 32.5. The summed E-state index contributed by atoms with van der Waals surface area (Å²) in [7, 11) is 0. The van der Waals surface area contributed by atoms with E-state index in [1.807, 2.05) is 0 Å². The van der Waals surface area contributed by atoms with Gasteiger partial charge in [0, 0.05) is 25.7 Å². The minimum absolute atomic E-state index is 0.105. The van der Waals surface area contributed by atoms with Crippen molar-refractivity contribution in [1.29, 1.82) is 0 Å². The van der Waals surface area contributed by atoms with Crippen LogP contribution < -0.4 is 5.73 Å². The van der Waals surface area contributed by atoms with E-state index in [4.69, 9.17) is 5.73 Å². The van der Waals surface area contributed by atoms with Crippen molar-refractivity contribution >= 4 is 5.91 Å². The summed E-state index contributed by atoms with van der Waals surface area (Å²) in [5, 5.41) is 0. The van der Waals surface area contributed by atoms with E-state index in [9.17, 15) is 4.79 Å². The molecule has 0 aromatic heterocycles. The number of likely N-dealkylation sites (tertiary alicyclic amines) is 2. The van der Waals surface area contributed by atoms with Crippen LogP contribution in [0.2, 0.25) is 0 Å². The summed E-state index contributed by atoms with van der Waals surface area (Å²) in [5.41, 5.74) is 6.17. The van der Waals surface area contributed by atoms with Crippen LogP contribution in [0.15, 0.2) is 0 Å². The van der Waals surface area contributed by atoms with Crippen molar-refractivity contribution in [2.24, 2.45) is 17.6 Å². The molecule has 0 radical (unpaired) electrons. The molecule has 0 aromatic rings. The van der Waals surface area contributed by atoms with Crippen LogP contribution in [0.25, 0.3) is 0 Å². The summed E-state index contributed by atoms with van der Waals surface area (Å²) in [6, 6.07) is 0.105. The van der Waals surface area contributed by atoms with E-state index in [2.05, 4.69) is 9.80 Å². The van der Waals surface area contributed by atoms with Crippen LogP contribution in [-0.4, -0.2) is 54.5 Å². The zero-order chi connectivity index (χ0) is 14.7. The Balaban J connectivity index is 1.45. The zero-order valence-electron chi connectivity index (χ0n) is 13.3. The number of piperidine rings is 1. The highest BCUT2D eigenvalue weighted by Gasteiger charge is 2.33. The van der Waals surface area contributed by atoms with Crippen LogP contribution >= 0.6 is 0 Å². The van der Waals surface area contributed by atoms with E-state index >= 15 is 0 Å². The third-order valence-electron chi connectivity index (χ3n) is 5.78. The number of carbonyl (C=O) groups is 1. The molecule has 0 bridgehead atoms. The smallest absolute Gasteiger partial charge is 0.227 e. The molecule has 2 N–H and O–H groups in total. The van der Waals surface area contributed by atoms with Crippen molar-refractivity contribution in [3.05, 3.63) is 0 Å². The fraction of sp³-hybridized carbons (Fsp3) is 0.941. The van der Waals surface area contributed by atoms with Gasteiger partial charge in [-0.05, 0) is 57.5 Å². The maximum Gasteiger partial charge on any atom is 0.227 e. The maximum atomic E-state index is 12.7. The van der Waals surface area contributed by atoms with Crippen molar-refractivity contribution in [2.45, 2.75) is 57.4 Å². The number of nitrogens with two attached hydrogens (primary N) is 1. The minimum atomic E-state index is 0.105. The number of hydrogen-bond acceptors (Lipinski definition) is 3. The largest absolute Gasteiger partial charge is 0.342 e. The molecule has 3 aliphatic rings. The van der Waals surface area contributed by atoms with E-state index in [1.165, 1.54) is 58.2 Å². The summed E-state index contributed by atoms with van der Waals surface area (Å²) in [4.78, 5) is 17.4. The van der Waals surface area contributed by atoms with Crippen molar-refractivity contribution in [3.63, 3.8) is 0 Å². The fourth-order valence-corrected chi connectivity index (χ4v) is 4.37. The Bertz CT molecular complexity index is 346. The molecule has 1 saturated carbocycles. The first-order chi connectivity index (χ1) is 10.2. The van der Waals surface area contributed by atoms with Gasteiger partial charge in [-0.15, -0.1) is 0 Å². The maximum absolute atomic E-state index is 12.7. The lowest BCUT2D eigenvalue weighted by Crippen LogP contribution is -2.48.